The van der Waals surface area contributed by atoms with Gasteiger partial charge in [-0.15, -0.1) is 0 Å². The van der Waals surface area contributed by atoms with Crippen molar-refractivity contribution in [1.29, 1.82) is 0 Å². The number of anilines is 3. The maximum atomic E-state index is 6.01. The molecule has 1 aliphatic heterocycles. The number of rotatable bonds is 11. The fourth-order valence-corrected chi connectivity index (χ4v) is 4.50. The molecule has 1 saturated carbocycles. The monoisotopic (exact) mass is 453 g/mol. The molecule has 0 radical (unpaired) electrons. The SMILES string of the molecule is Nc1cc(N2CCOCC2)nc(NCc2ccc(CNCCCNC3CCCCC3)cc2)n1. The van der Waals surface area contributed by atoms with Gasteiger partial charge >= 0.3 is 0 Å². The summed E-state index contributed by atoms with van der Waals surface area (Å²) in [6.45, 7) is 6.79. The molecule has 1 aliphatic carbocycles. The quantitative estimate of drug-likeness (QED) is 0.386. The van der Waals surface area contributed by atoms with Crippen LogP contribution in [0.15, 0.2) is 30.3 Å². The van der Waals surface area contributed by atoms with E-state index in [1.807, 2.05) is 6.07 Å². The molecule has 5 N–H and O–H groups in total. The number of ether oxygens (including phenoxy) is 1. The summed E-state index contributed by atoms with van der Waals surface area (Å²) in [5.41, 5.74) is 8.50. The number of nitrogens with two attached hydrogens (primary N) is 1. The number of morpholine rings is 1. The Morgan fingerprint density at radius 3 is 2.42 bits per heavy atom. The molecule has 1 aromatic heterocycles. The highest BCUT2D eigenvalue weighted by Gasteiger charge is 2.14. The second kappa shape index (κ2) is 12.7. The molecule has 2 aliphatic rings. The summed E-state index contributed by atoms with van der Waals surface area (Å²) in [6, 6.07) is 11.3. The Balaban J connectivity index is 1.15. The minimum absolute atomic E-state index is 0.476. The van der Waals surface area contributed by atoms with Crippen LogP contribution in [0.25, 0.3) is 0 Å². The van der Waals surface area contributed by atoms with Crippen LogP contribution in [-0.4, -0.2) is 55.4 Å². The number of hydrogen-bond acceptors (Lipinski definition) is 8. The van der Waals surface area contributed by atoms with Gasteiger partial charge in [0.1, 0.15) is 11.6 Å². The molecular weight excluding hydrogens is 414 g/mol. The van der Waals surface area contributed by atoms with Crippen LogP contribution in [0.3, 0.4) is 0 Å². The zero-order valence-electron chi connectivity index (χ0n) is 19.7. The lowest BCUT2D eigenvalue weighted by Crippen LogP contribution is -2.37. The summed E-state index contributed by atoms with van der Waals surface area (Å²) >= 11 is 0. The molecule has 8 heteroatoms. The van der Waals surface area contributed by atoms with E-state index >= 15 is 0 Å². The van der Waals surface area contributed by atoms with Crippen LogP contribution in [0.4, 0.5) is 17.6 Å². The Kier molecular flexibility index (Phi) is 9.15. The summed E-state index contributed by atoms with van der Waals surface area (Å²) in [4.78, 5) is 11.2. The van der Waals surface area contributed by atoms with Gasteiger partial charge in [-0.25, -0.2) is 0 Å². The maximum absolute atomic E-state index is 6.01. The van der Waals surface area contributed by atoms with Crippen molar-refractivity contribution < 1.29 is 4.74 Å². The van der Waals surface area contributed by atoms with Crippen molar-refractivity contribution in [3.63, 3.8) is 0 Å². The average Bonchev–Trinajstić information content (AvgIpc) is 2.86. The predicted molar refractivity (Wildman–Crippen MR) is 134 cm³/mol. The van der Waals surface area contributed by atoms with Crippen LogP contribution in [0.2, 0.25) is 0 Å². The summed E-state index contributed by atoms with van der Waals surface area (Å²) in [6.07, 6.45) is 8.08. The molecule has 0 unspecified atom stereocenters. The highest BCUT2D eigenvalue weighted by molar-refractivity contribution is 5.51. The van der Waals surface area contributed by atoms with Crippen LogP contribution in [-0.2, 0) is 17.8 Å². The molecule has 8 nitrogen and oxygen atoms in total. The molecule has 0 atom stereocenters. The lowest BCUT2D eigenvalue weighted by molar-refractivity contribution is 0.122. The van der Waals surface area contributed by atoms with Crippen molar-refractivity contribution >= 4 is 17.6 Å². The summed E-state index contributed by atoms with van der Waals surface area (Å²) in [5, 5.41) is 10.6. The van der Waals surface area contributed by atoms with Gasteiger partial charge in [0.25, 0.3) is 0 Å². The summed E-state index contributed by atoms with van der Waals surface area (Å²) < 4.78 is 5.42. The Morgan fingerprint density at radius 1 is 0.939 bits per heavy atom. The van der Waals surface area contributed by atoms with Crippen molar-refractivity contribution in [3.8, 4) is 0 Å². The lowest BCUT2D eigenvalue weighted by Gasteiger charge is -2.28. The fourth-order valence-electron chi connectivity index (χ4n) is 4.50. The summed E-state index contributed by atoms with van der Waals surface area (Å²) in [7, 11) is 0. The number of aromatic nitrogens is 2. The molecule has 0 spiro atoms. The van der Waals surface area contributed by atoms with E-state index in [9.17, 15) is 0 Å². The van der Waals surface area contributed by atoms with Gasteiger partial charge < -0.3 is 31.3 Å². The predicted octanol–water partition coefficient (Wildman–Crippen LogP) is 2.91. The Morgan fingerprint density at radius 2 is 1.67 bits per heavy atom. The molecule has 4 rings (SSSR count). The number of hydrogen-bond donors (Lipinski definition) is 4. The van der Waals surface area contributed by atoms with Crippen LogP contribution in [0.5, 0.6) is 0 Å². The molecule has 0 bridgehead atoms. The topological polar surface area (TPSA) is 100 Å². The third-order valence-corrected chi connectivity index (χ3v) is 6.44. The van der Waals surface area contributed by atoms with E-state index in [0.717, 1.165) is 44.6 Å². The second-order valence-corrected chi connectivity index (χ2v) is 9.06. The molecule has 1 aromatic carbocycles. The first-order chi connectivity index (χ1) is 16.3. The van der Waals surface area contributed by atoms with Crippen molar-refractivity contribution in [2.24, 2.45) is 0 Å². The molecule has 180 valence electrons. The highest BCUT2D eigenvalue weighted by atomic mass is 16.5. The van der Waals surface area contributed by atoms with Gasteiger partial charge in [-0.05, 0) is 43.5 Å². The van der Waals surface area contributed by atoms with Gasteiger partial charge in [0.15, 0.2) is 0 Å². The van der Waals surface area contributed by atoms with Crippen LogP contribution in [0, 0.1) is 0 Å². The van der Waals surface area contributed by atoms with Crippen LogP contribution < -0.4 is 26.6 Å². The van der Waals surface area contributed by atoms with Gasteiger partial charge in [0.05, 0.1) is 13.2 Å². The van der Waals surface area contributed by atoms with E-state index in [2.05, 4.69) is 55.1 Å². The van der Waals surface area contributed by atoms with E-state index in [0.29, 0.717) is 31.5 Å². The number of nitrogens with zero attached hydrogens (tertiary/aromatic N) is 3. The first-order valence-electron chi connectivity index (χ1n) is 12.5. The van der Waals surface area contributed by atoms with E-state index < -0.39 is 0 Å². The molecular formula is C25H39N7O. The van der Waals surface area contributed by atoms with Crippen molar-refractivity contribution in [2.45, 2.75) is 57.7 Å². The van der Waals surface area contributed by atoms with Crippen molar-refractivity contribution in [3.05, 3.63) is 41.5 Å². The number of benzene rings is 1. The van der Waals surface area contributed by atoms with Gasteiger partial charge in [-0.2, -0.15) is 9.97 Å². The molecule has 1 saturated heterocycles. The van der Waals surface area contributed by atoms with Crippen molar-refractivity contribution in [2.75, 3.05) is 55.3 Å². The lowest BCUT2D eigenvalue weighted by atomic mass is 9.95. The minimum Gasteiger partial charge on any atom is -0.383 e. The second-order valence-electron chi connectivity index (χ2n) is 9.06. The molecule has 33 heavy (non-hydrogen) atoms. The molecule has 2 aromatic rings. The smallest absolute Gasteiger partial charge is 0.226 e. The van der Waals surface area contributed by atoms with E-state index in [-0.39, 0.29) is 0 Å². The zero-order chi connectivity index (χ0) is 22.7. The average molecular weight is 454 g/mol. The normalized spacial score (nSPS) is 17.3. The third kappa shape index (κ3) is 7.84. The minimum atomic E-state index is 0.476. The first kappa shape index (κ1) is 23.7. The van der Waals surface area contributed by atoms with E-state index in [1.54, 1.807) is 0 Å². The largest absolute Gasteiger partial charge is 0.383 e. The maximum Gasteiger partial charge on any atom is 0.226 e. The van der Waals surface area contributed by atoms with Gasteiger partial charge in [-0.3, -0.25) is 0 Å². The molecule has 0 amide bonds. The van der Waals surface area contributed by atoms with Crippen LogP contribution >= 0.6 is 0 Å². The third-order valence-electron chi connectivity index (χ3n) is 6.44. The summed E-state index contributed by atoms with van der Waals surface area (Å²) in [5.74, 6) is 1.89. The first-order valence-corrected chi connectivity index (χ1v) is 12.5. The fraction of sp³-hybridized carbons (Fsp3) is 0.600. The molecule has 2 fully saturated rings. The Hall–Kier alpha value is -2.42. The Labute approximate surface area is 197 Å². The molecule has 2 heterocycles. The zero-order valence-corrected chi connectivity index (χ0v) is 19.7. The van der Waals surface area contributed by atoms with Crippen molar-refractivity contribution in [1.82, 2.24) is 20.6 Å². The Bertz CT molecular complexity index is 833. The number of nitrogen functional groups attached to an aromatic ring is 1. The highest BCUT2D eigenvalue weighted by Crippen LogP contribution is 2.19. The van der Waals surface area contributed by atoms with Gasteiger partial charge in [0.2, 0.25) is 5.95 Å². The van der Waals surface area contributed by atoms with Gasteiger partial charge in [0, 0.05) is 38.3 Å². The van der Waals surface area contributed by atoms with Crippen LogP contribution in [0.1, 0.15) is 49.7 Å². The standard InChI is InChI=1S/C25H39N7O/c26-23-17-24(32-13-15-33-16-14-32)31-25(30-23)29-19-21-9-7-20(8-10-21)18-27-11-4-12-28-22-5-2-1-3-6-22/h7-10,17,22,27-28H,1-6,11-16,18-19H2,(H3,26,29,30,31). The van der Waals surface area contributed by atoms with Gasteiger partial charge in [-0.1, -0.05) is 43.5 Å². The van der Waals surface area contributed by atoms with E-state index in [4.69, 9.17) is 10.5 Å². The van der Waals surface area contributed by atoms with E-state index in [1.165, 1.54) is 49.7 Å². The number of nitrogens with one attached hydrogen (secondary N) is 3.